The molecule has 4 rings (SSSR count). The van der Waals surface area contributed by atoms with Crippen LogP contribution in [0.3, 0.4) is 0 Å². The number of para-hydroxylation sites is 1. The minimum absolute atomic E-state index is 0.0943. The number of hydrogen-bond donors (Lipinski definition) is 0. The lowest BCUT2D eigenvalue weighted by molar-refractivity contribution is 0.102. The summed E-state index contributed by atoms with van der Waals surface area (Å²) in [6, 6.07) is 18.0. The molecule has 0 aliphatic carbocycles. The van der Waals surface area contributed by atoms with Crippen LogP contribution in [0, 0.1) is 13.8 Å². The van der Waals surface area contributed by atoms with E-state index in [-0.39, 0.29) is 11.8 Å². The van der Waals surface area contributed by atoms with Crippen molar-refractivity contribution in [3.05, 3.63) is 76.0 Å². The Kier molecular flexibility index (Phi) is 7.32. The van der Waals surface area contributed by atoms with Gasteiger partial charge in [0.15, 0.2) is 11.6 Å². The monoisotopic (exact) mass is 523 g/mol. The van der Waals surface area contributed by atoms with Crippen molar-refractivity contribution in [2.45, 2.75) is 31.8 Å². The zero-order chi connectivity index (χ0) is 23.5. The second-order valence-corrected chi connectivity index (χ2v) is 9.93. The number of ketones is 1. The van der Waals surface area contributed by atoms with E-state index in [9.17, 15) is 4.79 Å². The number of hydrogen-bond acceptors (Lipinski definition) is 5. The van der Waals surface area contributed by atoms with Crippen LogP contribution in [0.25, 0.3) is 22.3 Å². The highest BCUT2D eigenvalue weighted by Crippen LogP contribution is 2.30. The van der Waals surface area contributed by atoms with E-state index < -0.39 is 0 Å². The van der Waals surface area contributed by atoms with Crippen molar-refractivity contribution < 1.29 is 9.53 Å². The summed E-state index contributed by atoms with van der Waals surface area (Å²) in [5.74, 6) is 1.06. The number of halogens is 1. The Morgan fingerprint density at radius 3 is 2.58 bits per heavy atom. The average Bonchev–Trinajstić information content (AvgIpc) is 3.11. The first-order chi connectivity index (χ1) is 15.9. The molecule has 1 unspecified atom stereocenters. The number of benzene rings is 2. The number of fused-ring (bicyclic) bond motifs is 1. The molecule has 2 aromatic carbocycles. The number of rotatable bonds is 8. The number of aromatic nitrogens is 3. The van der Waals surface area contributed by atoms with Crippen LogP contribution < -0.4 is 0 Å². The topological polar surface area (TPSA) is 57.0 Å². The van der Waals surface area contributed by atoms with Gasteiger partial charge in [-0.1, -0.05) is 58.0 Å². The highest BCUT2D eigenvalue weighted by Gasteiger charge is 2.20. The lowest BCUT2D eigenvalue weighted by atomic mass is 10.2. The van der Waals surface area contributed by atoms with Gasteiger partial charge in [0.05, 0.1) is 23.9 Å². The van der Waals surface area contributed by atoms with E-state index in [1.165, 1.54) is 11.8 Å². The Labute approximate surface area is 206 Å². The number of carbonyl (C=O) groups excluding carboxylic acids is 1. The molecular formula is C26H26BrN3O2S. The van der Waals surface area contributed by atoms with E-state index in [4.69, 9.17) is 14.7 Å². The Hall–Kier alpha value is -2.48. The van der Waals surface area contributed by atoms with Crippen LogP contribution in [0.1, 0.15) is 34.7 Å². The molecule has 170 valence electrons. The van der Waals surface area contributed by atoms with E-state index in [0.29, 0.717) is 18.2 Å². The summed E-state index contributed by atoms with van der Waals surface area (Å²) >= 11 is 4.94. The molecule has 0 aliphatic rings. The molecular weight excluding hydrogens is 498 g/mol. The molecule has 0 amide bonds. The summed E-state index contributed by atoms with van der Waals surface area (Å²) in [6.45, 7) is 6.74. The van der Waals surface area contributed by atoms with E-state index in [2.05, 4.69) is 27.4 Å². The fourth-order valence-electron chi connectivity index (χ4n) is 4.15. The first-order valence-corrected chi connectivity index (χ1v) is 12.5. The van der Waals surface area contributed by atoms with Crippen LogP contribution >= 0.6 is 27.7 Å². The summed E-state index contributed by atoms with van der Waals surface area (Å²) < 4.78 is 8.49. The van der Waals surface area contributed by atoms with Crippen molar-refractivity contribution in [3.8, 4) is 11.4 Å². The SMILES string of the molecule is COCC(C)n1c(C)cc(C(=O)CSc2nc(-c3ccc(Br)cc3)nc3ccccc23)c1C. The van der Waals surface area contributed by atoms with Gasteiger partial charge in [0, 0.05) is 39.5 Å². The fourth-order valence-corrected chi connectivity index (χ4v) is 5.32. The number of aryl methyl sites for hydroxylation is 1. The van der Waals surface area contributed by atoms with E-state index in [1.807, 2.05) is 68.4 Å². The average molecular weight is 524 g/mol. The molecule has 0 aliphatic heterocycles. The second kappa shape index (κ2) is 10.2. The summed E-state index contributed by atoms with van der Waals surface area (Å²) in [6.07, 6.45) is 0. The smallest absolute Gasteiger partial charge is 0.174 e. The Morgan fingerprint density at radius 1 is 1.12 bits per heavy atom. The largest absolute Gasteiger partial charge is 0.383 e. The van der Waals surface area contributed by atoms with Gasteiger partial charge in [-0.2, -0.15) is 0 Å². The van der Waals surface area contributed by atoms with Crippen molar-refractivity contribution in [3.63, 3.8) is 0 Å². The molecule has 5 nitrogen and oxygen atoms in total. The van der Waals surface area contributed by atoms with Crippen LogP contribution in [0.5, 0.6) is 0 Å². The predicted octanol–water partition coefficient (Wildman–Crippen LogP) is 6.66. The number of methoxy groups -OCH3 is 1. The quantitative estimate of drug-likeness (QED) is 0.147. The molecule has 0 saturated heterocycles. The molecule has 0 radical (unpaired) electrons. The first kappa shape index (κ1) is 23.7. The van der Waals surface area contributed by atoms with Crippen LogP contribution in [0.15, 0.2) is 64.1 Å². The molecule has 1 atom stereocenters. The van der Waals surface area contributed by atoms with Gasteiger partial charge in [0.2, 0.25) is 0 Å². The standard InChI is InChI=1S/C26H26BrN3O2S/c1-16-13-22(18(3)30(16)17(2)14-32-4)24(31)15-33-26-21-7-5-6-8-23(21)28-25(29-26)19-9-11-20(27)12-10-19/h5-13,17H,14-15H2,1-4H3. The summed E-state index contributed by atoms with van der Waals surface area (Å²) in [5, 5.41) is 1.77. The van der Waals surface area contributed by atoms with Crippen LogP contribution in [-0.2, 0) is 4.74 Å². The molecule has 0 bridgehead atoms. The summed E-state index contributed by atoms with van der Waals surface area (Å²) in [5.41, 5.74) is 4.61. The minimum Gasteiger partial charge on any atom is -0.383 e. The summed E-state index contributed by atoms with van der Waals surface area (Å²) in [7, 11) is 1.70. The van der Waals surface area contributed by atoms with Crippen LogP contribution in [0.2, 0.25) is 0 Å². The summed E-state index contributed by atoms with van der Waals surface area (Å²) in [4.78, 5) is 22.8. The van der Waals surface area contributed by atoms with Gasteiger partial charge in [-0.15, -0.1) is 0 Å². The Balaban J connectivity index is 1.63. The maximum absolute atomic E-state index is 13.2. The third-order valence-corrected chi connectivity index (χ3v) is 7.16. The molecule has 2 heterocycles. The third-order valence-electron chi connectivity index (χ3n) is 5.64. The maximum Gasteiger partial charge on any atom is 0.174 e. The van der Waals surface area contributed by atoms with Crippen molar-refractivity contribution in [1.82, 2.24) is 14.5 Å². The maximum atomic E-state index is 13.2. The van der Waals surface area contributed by atoms with Crippen molar-refractivity contribution >= 4 is 44.4 Å². The predicted molar refractivity (Wildman–Crippen MR) is 138 cm³/mol. The molecule has 0 N–H and O–H groups in total. The van der Waals surface area contributed by atoms with Gasteiger partial charge in [0.25, 0.3) is 0 Å². The number of thioether (sulfide) groups is 1. The van der Waals surface area contributed by atoms with Gasteiger partial charge in [0.1, 0.15) is 5.03 Å². The van der Waals surface area contributed by atoms with E-state index in [0.717, 1.165) is 42.9 Å². The molecule has 7 heteroatoms. The molecule has 33 heavy (non-hydrogen) atoms. The molecule has 4 aromatic rings. The van der Waals surface area contributed by atoms with E-state index in [1.54, 1.807) is 7.11 Å². The van der Waals surface area contributed by atoms with Gasteiger partial charge in [-0.3, -0.25) is 4.79 Å². The van der Waals surface area contributed by atoms with Gasteiger partial charge >= 0.3 is 0 Å². The minimum atomic E-state index is 0.0943. The van der Waals surface area contributed by atoms with E-state index >= 15 is 0 Å². The first-order valence-electron chi connectivity index (χ1n) is 10.7. The zero-order valence-corrected chi connectivity index (χ0v) is 21.5. The van der Waals surface area contributed by atoms with Crippen LogP contribution in [-0.4, -0.2) is 39.8 Å². The normalized spacial score (nSPS) is 12.3. The number of Topliss-reactive ketones (excluding diaryl/α,β-unsaturated/α-hetero) is 1. The molecule has 0 saturated carbocycles. The Bertz CT molecular complexity index is 1300. The Morgan fingerprint density at radius 2 is 1.85 bits per heavy atom. The van der Waals surface area contributed by atoms with Crippen molar-refractivity contribution in [2.24, 2.45) is 0 Å². The number of carbonyl (C=O) groups is 1. The molecule has 0 spiro atoms. The molecule has 2 aromatic heterocycles. The van der Waals surface area contributed by atoms with Gasteiger partial charge < -0.3 is 9.30 Å². The fraction of sp³-hybridized carbons (Fsp3) is 0.269. The second-order valence-electron chi connectivity index (χ2n) is 8.05. The van der Waals surface area contributed by atoms with Crippen molar-refractivity contribution in [2.75, 3.05) is 19.5 Å². The highest BCUT2D eigenvalue weighted by molar-refractivity contribution is 9.10. The van der Waals surface area contributed by atoms with Gasteiger partial charge in [-0.05, 0) is 45.0 Å². The third kappa shape index (κ3) is 5.05. The zero-order valence-electron chi connectivity index (χ0n) is 19.1. The van der Waals surface area contributed by atoms with Crippen molar-refractivity contribution in [1.29, 1.82) is 0 Å². The lowest BCUT2D eigenvalue weighted by Gasteiger charge is -2.17. The highest BCUT2D eigenvalue weighted by atomic mass is 79.9. The lowest BCUT2D eigenvalue weighted by Crippen LogP contribution is -2.14. The number of ether oxygens (including phenoxy) is 1. The number of nitrogens with zero attached hydrogens (tertiary/aromatic N) is 3. The molecule has 0 fully saturated rings. The van der Waals surface area contributed by atoms with Crippen LogP contribution in [0.4, 0.5) is 0 Å². The van der Waals surface area contributed by atoms with Gasteiger partial charge in [-0.25, -0.2) is 9.97 Å².